The minimum Gasteiger partial charge on any atom is -0.493 e. The maximum atomic E-state index is 13.5. The summed E-state index contributed by atoms with van der Waals surface area (Å²) in [7, 11) is 0. The first-order valence-electron chi connectivity index (χ1n) is 9.63. The first-order valence-corrected chi connectivity index (χ1v) is 9.63. The van der Waals surface area contributed by atoms with Crippen LogP contribution >= 0.6 is 0 Å². The highest BCUT2D eigenvalue weighted by Crippen LogP contribution is 2.50. The van der Waals surface area contributed by atoms with E-state index < -0.39 is 11.2 Å². The number of pyridine rings is 1. The number of rotatable bonds is 5. The minimum absolute atomic E-state index is 0.0528. The molecule has 2 atom stereocenters. The molecule has 3 heterocycles. The van der Waals surface area contributed by atoms with Gasteiger partial charge >= 0.3 is 0 Å². The highest BCUT2D eigenvalue weighted by atomic mass is 16.5. The van der Waals surface area contributed by atoms with Crippen molar-refractivity contribution in [3.05, 3.63) is 59.4 Å². The number of carbonyl (C=O) groups excluding carboxylic acids is 2. The molecule has 0 aliphatic carbocycles. The number of nitrogens with one attached hydrogen (secondary N) is 1. The summed E-state index contributed by atoms with van der Waals surface area (Å²) in [4.78, 5) is 32.8. The van der Waals surface area contributed by atoms with Crippen LogP contribution in [0, 0.1) is 12.8 Å². The van der Waals surface area contributed by atoms with Crippen molar-refractivity contribution in [2.24, 2.45) is 5.92 Å². The molecule has 0 bridgehead atoms. The zero-order valence-corrected chi connectivity index (χ0v) is 16.7. The number of hydrogen-bond donors (Lipinski definition) is 1. The number of aryl methyl sites for hydroxylation is 1. The zero-order valence-electron chi connectivity index (χ0n) is 16.7. The van der Waals surface area contributed by atoms with Crippen LogP contribution in [-0.4, -0.2) is 33.8 Å². The van der Waals surface area contributed by atoms with Crippen molar-refractivity contribution in [3.8, 4) is 5.75 Å². The summed E-state index contributed by atoms with van der Waals surface area (Å²) in [5.41, 5.74) is 0.148. The van der Waals surface area contributed by atoms with Crippen molar-refractivity contribution < 1.29 is 14.3 Å². The van der Waals surface area contributed by atoms with Crippen LogP contribution in [0.25, 0.3) is 0 Å². The number of nitrogens with zero attached hydrogens (tertiary/aromatic N) is 2. The molecule has 0 saturated carbocycles. The first kappa shape index (κ1) is 18.5. The summed E-state index contributed by atoms with van der Waals surface area (Å²) >= 11 is 0. The van der Waals surface area contributed by atoms with E-state index in [9.17, 15) is 9.59 Å². The van der Waals surface area contributed by atoms with Gasteiger partial charge in [-0.1, -0.05) is 32.0 Å². The Balaban J connectivity index is 1.76. The molecule has 2 aliphatic heterocycles. The second kappa shape index (κ2) is 6.33. The van der Waals surface area contributed by atoms with Gasteiger partial charge in [-0.25, -0.2) is 0 Å². The molecule has 6 nitrogen and oxygen atoms in total. The molecule has 1 aromatic heterocycles. The molecule has 146 valence electrons. The standard InChI is InChI=1S/C22H25N3O3/c1-14(2)21(4)20(27)24-22(11-13-28-16-8-6-5-7-9-16)18-17(19(26)25(21)22)15(3)10-12-23-18/h5-10,12,14H,11,13H2,1-4H3,(H,24,27). The van der Waals surface area contributed by atoms with E-state index >= 15 is 0 Å². The maximum absolute atomic E-state index is 13.5. The molecule has 0 radical (unpaired) electrons. The first-order chi connectivity index (χ1) is 13.3. The number of para-hydroxylation sites is 1. The summed E-state index contributed by atoms with van der Waals surface area (Å²) in [5.74, 6) is 0.408. The summed E-state index contributed by atoms with van der Waals surface area (Å²) in [5, 5.41) is 3.13. The van der Waals surface area contributed by atoms with E-state index in [1.54, 1.807) is 11.1 Å². The predicted molar refractivity (Wildman–Crippen MR) is 105 cm³/mol. The summed E-state index contributed by atoms with van der Waals surface area (Å²) < 4.78 is 5.90. The number of carbonyl (C=O) groups is 2. The molecule has 2 aromatic rings. The van der Waals surface area contributed by atoms with Gasteiger partial charge in [0.1, 0.15) is 11.3 Å². The lowest BCUT2D eigenvalue weighted by Gasteiger charge is -2.40. The van der Waals surface area contributed by atoms with Gasteiger partial charge in [-0.2, -0.15) is 0 Å². The van der Waals surface area contributed by atoms with Crippen LogP contribution in [0.15, 0.2) is 42.6 Å². The summed E-state index contributed by atoms with van der Waals surface area (Å²) in [6.07, 6.45) is 2.12. The second-order valence-electron chi connectivity index (χ2n) is 8.02. The number of amides is 2. The molecular formula is C22H25N3O3. The van der Waals surface area contributed by atoms with Crippen LogP contribution in [0.3, 0.4) is 0 Å². The van der Waals surface area contributed by atoms with E-state index in [1.165, 1.54) is 0 Å². The molecule has 4 rings (SSSR count). The van der Waals surface area contributed by atoms with Crippen molar-refractivity contribution in [2.75, 3.05) is 6.61 Å². The number of hydrogen-bond acceptors (Lipinski definition) is 4. The predicted octanol–water partition coefficient (Wildman–Crippen LogP) is 3.01. The molecule has 6 heteroatoms. The van der Waals surface area contributed by atoms with Gasteiger partial charge in [0, 0.05) is 12.6 Å². The van der Waals surface area contributed by atoms with Crippen LogP contribution in [-0.2, 0) is 10.5 Å². The average molecular weight is 379 g/mol. The number of fused-ring (bicyclic) bond motifs is 3. The van der Waals surface area contributed by atoms with Crippen molar-refractivity contribution in [3.63, 3.8) is 0 Å². The Morgan fingerprint density at radius 1 is 1.18 bits per heavy atom. The second-order valence-corrected chi connectivity index (χ2v) is 8.02. The highest BCUT2D eigenvalue weighted by molar-refractivity contribution is 6.07. The van der Waals surface area contributed by atoms with Gasteiger partial charge in [0.2, 0.25) is 5.91 Å². The lowest BCUT2D eigenvalue weighted by Crippen LogP contribution is -2.55. The fourth-order valence-corrected chi connectivity index (χ4v) is 4.32. The normalized spacial score (nSPS) is 25.7. The van der Waals surface area contributed by atoms with Gasteiger partial charge in [0.15, 0.2) is 5.66 Å². The van der Waals surface area contributed by atoms with Gasteiger partial charge < -0.3 is 10.1 Å². The topological polar surface area (TPSA) is 71.5 Å². The fraction of sp³-hybridized carbons (Fsp3) is 0.409. The molecule has 2 amide bonds. The molecule has 28 heavy (non-hydrogen) atoms. The van der Waals surface area contributed by atoms with Gasteiger partial charge in [-0.05, 0) is 43.5 Å². The molecule has 1 fully saturated rings. The third kappa shape index (κ3) is 2.37. The summed E-state index contributed by atoms with van der Waals surface area (Å²) in [6.45, 7) is 8.02. The van der Waals surface area contributed by atoms with Crippen molar-refractivity contribution in [1.82, 2.24) is 15.2 Å². The lowest BCUT2D eigenvalue weighted by molar-refractivity contribution is -0.127. The smallest absolute Gasteiger partial charge is 0.259 e. The largest absolute Gasteiger partial charge is 0.493 e. The van der Waals surface area contributed by atoms with Crippen LogP contribution in [0.5, 0.6) is 5.75 Å². The van der Waals surface area contributed by atoms with Crippen LogP contribution in [0.2, 0.25) is 0 Å². The van der Waals surface area contributed by atoms with Gasteiger partial charge in [0.05, 0.1) is 17.9 Å². The molecular weight excluding hydrogens is 354 g/mol. The monoisotopic (exact) mass is 379 g/mol. The van der Waals surface area contributed by atoms with E-state index in [0.717, 1.165) is 11.3 Å². The maximum Gasteiger partial charge on any atom is 0.259 e. The molecule has 2 aliphatic rings. The molecule has 0 spiro atoms. The minimum atomic E-state index is -0.983. The Labute approximate surface area is 164 Å². The van der Waals surface area contributed by atoms with E-state index in [2.05, 4.69) is 10.3 Å². The quantitative estimate of drug-likeness (QED) is 0.867. The Bertz CT molecular complexity index is 943. The summed E-state index contributed by atoms with van der Waals surface area (Å²) in [6, 6.07) is 11.4. The zero-order chi connectivity index (χ0) is 20.1. The van der Waals surface area contributed by atoms with Gasteiger partial charge in [0.25, 0.3) is 5.91 Å². The van der Waals surface area contributed by atoms with Crippen LogP contribution < -0.4 is 10.1 Å². The number of aromatic nitrogens is 1. The van der Waals surface area contributed by atoms with E-state index in [1.807, 2.05) is 64.1 Å². The molecule has 1 N–H and O–H groups in total. The number of ether oxygens (including phenoxy) is 1. The Hall–Kier alpha value is -2.89. The Kier molecular flexibility index (Phi) is 4.17. The third-order valence-electron chi connectivity index (χ3n) is 6.19. The Morgan fingerprint density at radius 3 is 2.57 bits per heavy atom. The van der Waals surface area contributed by atoms with E-state index in [0.29, 0.717) is 24.3 Å². The average Bonchev–Trinajstić information content (AvgIpc) is 3.05. The highest BCUT2D eigenvalue weighted by Gasteiger charge is 2.67. The number of benzene rings is 1. The van der Waals surface area contributed by atoms with E-state index in [-0.39, 0.29) is 17.7 Å². The van der Waals surface area contributed by atoms with Crippen molar-refractivity contribution in [1.29, 1.82) is 0 Å². The molecule has 1 saturated heterocycles. The lowest BCUT2D eigenvalue weighted by atomic mass is 9.86. The van der Waals surface area contributed by atoms with Crippen LogP contribution in [0.1, 0.15) is 48.8 Å². The SMILES string of the molecule is Cc1ccnc2c1C(=O)N1C2(CCOc2ccccc2)NC(=O)C1(C)C(C)C. The Morgan fingerprint density at radius 2 is 1.89 bits per heavy atom. The molecule has 1 aromatic carbocycles. The third-order valence-corrected chi connectivity index (χ3v) is 6.19. The van der Waals surface area contributed by atoms with Gasteiger partial charge in [-0.3, -0.25) is 19.5 Å². The van der Waals surface area contributed by atoms with Crippen molar-refractivity contribution >= 4 is 11.8 Å². The van der Waals surface area contributed by atoms with E-state index in [4.69, 9.17) is 4.74 Å². The van der Waals surface area contributed by atoms with Gasteiger partial charge in [-0.15, -0.1) is 0 Å². The fourth-order valence-electron chi connectivity index (χ4n) is 4.32. The van der Waals surface area contributed by atoms with Crippen LogP contribution in [0.4, 0.5) is 0 Å². The molecule has 2 unspecified atom stereocenters. The van der Waals surface area contributed by atoms with Crippen molar-refractivity contribution in [2.45, 2.75) is 45.3 Å².